The largest absolute Gasteiger partial charge is 0.491 e. The molecule has 28 heavy (non-hydrogen) atoms. The molecular formula is C22H27N5O. The predicted molar refractivity (Wildman–Crippen MR) is 114 cm³/mol. The van der Waals surface area contributed by atoms with Crippen molar-refractivity contribution in [1.29, 1.82) is 0 Å². The number of guanidine groups is 1. The van der Waals surface area contributed by atoms with Crippen LogP contribution in [0.4, 0.5) is 0 Å². The topological polar surface area (TPSA) is 63.5 Å². The molecule has 0 aliphatic rings. The Morgan fingerprint density at radius 1 is 1.00 bits per heavy atom. The number of aliphatic imine (C=N–C) groups is 1. The van der Waals surface area contributed by atoms with Crippen LogP contribution in [-0.2, 0) is 6.54 Å². The van der Waals surface area contributed by atoms with Crippen LogP contribution in [0.5, 0.6) is 5.75 Å². The summed E-state index contributed by atoms with van der Waals surface area (Å²) in [6.07, 6.45) is 4.74. The number of hydrogen-bond donors (Lipinski definition) is 2. The highest BCUT2D eigenvalue weighted by Crippen LogP contribution is 2.29. The summed E-state index contributed by atoms with van der Waals surface area (Å²) in [5.74, 6) is 1.66. The Balaban J connectivity index is 1.40. The second-order valence-corrected chi connectivity index (χ2v) is 6.26. The van der Waals surface area contributed by atoms with Gasteiger partial charge in [0.05, 0.1) is 6.54 Å². The van der Waals surface area contributed by atoms with Gasteiger partial charge in [-0.15, -0.1) is 0 Å². The fourth-order valence-corrected chi connectivity index (χ4v) is 2.88. The lowest BCUT2D eigenvalue weighted by Gasteiger charge is -2.14. The van der Waals surface area contributed by atoms with Gasteiger partial charge in [0, 0.05) is 38.1 Å². The van der Waals surface area contributed by atoms with E-state index in [-0.39, 0.29) is 0 Å². The van der Waals surface area contributed by atoms with Crippen LogP contribution in [0.2, 0.25) is 0 Å². The maximum atomic E-state index is 6.00. The lowest BCUT2D eigenvalue weighted by Crippen LogP contribution is -2.39. The standard InChI is InChI=1S/C22H27N5O/c1-23-22(24-13-7-16-27-17-8-14-26-27)25-15-18-28-21-12-6-5-11-20(21)19-9-3-2-4-10-19/h2-6,8-12,14,17H,7,13,15-16,18H2,1H3,(H2,23,24,25). The van der Waals surface area contributed by atoms with Gasteiger partial charge in [-0.3, -0.25) is 9.67 Å². The molecule has 0 aliphatic heterocycles. The molecule has 2 aromatic carbocycles. The van der Waals surface area contributed by atoms with Gasteiger partial charge >= 0.3 is 0 Å². The first-order chi connectivity index (χ1) is 13.9. The molecule has 2 N–H and O–H groups in total. The van der Waals surface area contributed by atoms with Gasteiger partial charge in [0.2, 0.25) is 0 Å². The number of nitrogens with one attached hydrogen (secondary N) is 2. The minimum Gasteiger partial charge on any atom is -0.491 e. The molecule has 0 aliphatic carbocycles. The molecule has 6 heteroatoms. The van der Waals surface area contributed by atoms with E-state index in [9.17, 15) is 0 Å². The number of rotatable bonds is 9. The average molecular weight is 377 g/mol. The van der Waals surface area contributed by atoms with Crippen molar-refractivity contribution in [3.63, 3.8) is 0 Å². The van der Waals surface area contributed by atoms with Crippen molar-refractivity contribution < 1.29 is 4.74 Å². The number of para-hydroxylation sites is 1. The summed E-state index contributed by atoms with van der Waals surface area (Å²) in [4.78, 5) is 4.25. The Kier molecular flexibility index (Phi) is 7.49. The first kappa shape index (κ1) is 19.5. The number of aryl methyl sites for hydroxylation is 1. The lowest BCUT2D eigenvalue weighted by atomic mass is 10.1. The summed E-state index contributed by atoms with van der Waals surface area (Å²) in [6, 6.07) is 20.3. The van der Waals surface area contributed by atoms with E-state index in [2.05, 4.69) is 38.9 Å². The molecule has 3 aromatic rings. The fourth-order valence-electron chi connectivity index (χ4n) is 2.88. The van der Waals surface area contributed by atoms with E-state index >= 15 is 0 Å². The van der Waals surface area contributed by atoms with Gasteiger partial charge in [0.15, 0.2) is 5.96 Å². The van der Waals surface area contributed by atoms with E-state index < -0.39 is 0 Å². The molecule has 1 heterocycles. The van der Waals surface area contributed by atoms with Crippen LogP contribution >= 0.6 is 0 Å². The highest BCUT2D eigenvalue weighted by Gasteiger charge is 2.05. The molecule has 0 atom stereocenters. The van der Waals surface area contributed by atoms with E-state index in [0.29, 0.717) is 13.2 Å². The van der Waals surface area contributed by atoms with E-state index in [4.69, 9.17) is 4.74 Å². The summed E-state index contributed by atoms with van der Waals surface area (Å²) >= 11 is 0. The van der Waals surface area contributed by atoms with Gasteiger partial charge in [-0.2, -0.15) is 5.10 Å². The maximum Gasteiger partial charge on any atom is 0.191 e. The van der Waals surface area contributed by atoms with Gasteiger partial charge < -0.3 is 15.4 Å². The molecule has 0 saturated carbocycles. The number of benzene rings is 2. The lowest BCUT2D eigenvalue weighted by molar-refractivity contribution is 0.323. The summed E-state index contributed by atoms with van der Waals surface area (Å²) in [5, 5.41) is 10.8. The molecule has 0 bridgehead atoms. The average Bonchev–Trinajstić information content (AvgIpc) is 3.27. The van der Waals surface area contributed by atoms with Crippen molar-refractivity contribution >= 4 is 5.96 Å². The molecule has 0 unspecified atom stereocenters. The first-order valence-electron chi connectivity index (χ1n) is 9.56. The zero-order chi connectivity index (χ0) is 19.4. The Morgan fingerprint density at radius 3 is 2.57 bits per heavy atom. The van der Waals surface area contributed by atoms with Gasteiger partial charge in [0.25, 0.3) is 0 Å². The van der Waals surface area contributed by atoms with Crippen molar-refractivity contribution in [3.8, 4) is 16.9 Å². The van der Waals surface area contributed by atoms with E-state index in [1.165, 1.54) is 0 Å². The molecule has 0 amide bonds. The fraction of sp³-hybridized carbons (Fsp3) is 0.273. The van der Waals surface area contributed by atoms with Crippen molar-refractivity contribution in [2.75, 3.05) is 26.7 Å². The van der Waals surface area contributed by atoms with Crippen LogP contribution in [0.25, 0.3) is 11.1 Å². The van der Waals surface area contributed by atoms with Gasteiger partial charge in [-0.25, -0.2) is 0 Å². The van der Waals surface area contributed by atoms with Crippen LogP contribution < -0.4 is 15.4 Å². The van der Waals surface area contributed by atoms with Crippen molar-refractivity contribution in [1.82, 2.24) is 20.4 Å². The zero-order valence-corrected chi connectivity index (χ0v) is 16.2. The number of ether oxygens (including phenoxy) is 1. The number of aromatic nitrogens is 2. The Morgan fingerprint density at radius 2 is 1.79 bits per heavy atom. The smallest absolute Gasteiger partial charge is 0.191 e. The van der Waals surface area contributed by atoms with E-state index in [1.807, 2.05) is 53.3 Å². The third-order valence-corrected chi connectivity index (χ3v) is 4.26. The quantitative estimate of drug-likeness (QED) is 0.342. The first-order valence-corrected chi connectivity index (χ1v) is 9.56. The molecule has 0 fully saturated rings. The van der Waals surface area contributed by atoms with Crippen LogP contribution in [0.15, 0.2) is 78.0 Å². The number of hydrogen-bond acceptors (Lipinski definition) is 3. The van der Waals surface area contributed by atoms with E-state index in [1.54, 1.807) is 13.2 Å². The Hall–Kier alpha value is -3.28. The Labute approximate surface area is 166 Å². The van der Waals surface area contributed by atoms with Crippen LogP contribution in [-0.4, -0.2) is 42.5 Å². The summed E-state index contributed by atoms with van der Waals surface area (Å²) < 4.78 is 7.93. The molecule has 3 rings (SSSR count). The minimum atomic E-state index is 0.553. The molecule has 0 radical (unpaired) electrons. The van der Waals surface area contributed by atoms with Crippen LogP contribution in [0.1, 0.15) is 6.42 Å². The highest BCUT2D eigenvalue weighted by molar-refractivity contribution is 5.79. The van der Waals surface area contributed by atoms with Crippen molar-refractivity contribution in [3.05, 3.63) is 73.1 Å². The molecular weight excluding hydrogens is 350 g/mol. The van der Waals surface area contributed by atoms with Crippen molar-refractivity contribution in [2.24, 2.45) is 4.99 Å². The van der Waals surface area contributed by atoms with Crippen LogP contribution in [0, 0.1) is 0 Å². The SMILES string of the molecule is CN=C(NCCCn1cccn1)NCCOc1ccccc1-c1ccccc1. The zero-order valence-electron chi connectivity index (χ0n) is 16.2. The predicted octanol–water partition coefficient (Wildman–Crippen LogP) is 3.18. The van der Waals surface area contributed by atoms with Gasteiger partial charge in [0.1, 0.15) is 12.4 Å². The van der Waals surface area contributed by atoms with Gasteiger partial charge in [-0.05, 0) is 24.1 Å². The second kappa shape index (κ2) is 10.8. The van der Waals surface area contributed by atoms with Gasteiger partial charge in [-0.1, -0.05) is 48.5 Å². The molecule has 0 spiro atoms. The summed E-state index contributed by atoms with van der Waals surface area (Å²) in [7, 11) is 1.77. The highest BCUT2D eigenvalue weighted by atomic mass is 16.5. The third-order valence-electron chi connectivity index (χ3n) is 4.26. The molecule has 6 nitrogen and oxygen atoms in total. The summed E-state index contributed by atoms with van der Waals surface area (Å²) in [5.41, 5.74) is 2.25. The summed E-state index contributed by atoms with van der Waals surface area (Å²) in [6.45, 7) is 2.94. The molecule has 146 valence electrons. The third kappa shape index (κ3) is 5.87. The van der Waals surface area contributed by atoms with Crippen LogP contribution in [0.3, 0.4) is 0 Å². The Bertz CT molecular complexity index is 846. The van der Waals surface area contributed by atoms with E-state index in [0.717, 1.165) is 42.3 Å². The molecule has 0 saturated heterocycles. The maximum absolute atomic E-state index is 6.00. The molecule has 1 aromatic heterocycles. The van der Waals surface area contributed by atoms with Crippen molar-refractivity contribution in [2.45, 2.75) is 13.0 Å². The number of nitrogens with zero attached hydrogens (tertiary/aromatic N) is 3. The minimum absolute atomic E-state index is 0.553. The monoisotopic (exact) mass is 377 g/mol. The normalized spacial score (nSPS) is 11.2. The second-order valence-electron chi connectivity index (χ2n) is 6.26.